The molecule has 0 unspecified atom stereocenters. The summed E-state index contributed by atoms with van der Waals surface area (Å²) in [5, 5.41) is 3.06. The van der Waals surface area contributed by atoms with Crippen LogP contribution in [0.3, 0.4) is 0 Å². The fourth-order valence-electron chi connectivity index (χ4n) is 3.88. The number of carbonyl (C=O) groups excluding carboxylic acids is 2. The molecule has 1 aromatic carbocycles. The molecule has 3 rings (SSSR count). The van der Waals surface area contributed by atoms with E-state index in [1.54, 1.807) is 0 Å². The summed E-state index contributed by atoms with van der Waals surface area (Å²) in [6.45, 7) is 9.00. The van der Waals surface area contributed by atoms with Crippen LogP contribution >= 0.6 is 0 Å². The number of anilines is 2. The molecule has 27 heavy (non-hydrogen) atoms. The lowest BCUT2D eigenvalue weighted by atomic mass is 9.88. The lowest BCUT2D eigenvalue weighted by molar-refractivity contribution is -0.127. The minimum Gasteiger partial charge on any atom is -0.490 e. The molecule has 5 heteroatoms. The number of benzene rings is 1. The minimum atomic E-state index is -0.584. The lowest BCUT2D eigenvalue weighted by Gasteiger charge is -2.29. The highest BCUT2D eigenvalue weighted by Gasteiger charge is 2.38. The van der Waals surface area contributed by atoms with Gasteiger partial charge >= 0.3 is 0 Å². The zero-order chi connectivity index (χ0) is 19.6. The molecule has 148 valence electrons. The van der Waals surface area contributed by atoms with Crippen molar-refractivity contribution in [2.45, 2.75) is 59.8 Å². The van der Waals surface area contributed by atoms with E-state index in [1.807, 2.05) is 36.9 Å². The van der Waals surface area contributed by atoms with E-state index in [2.05, 4.69) is 19.2 Å². The molecule has 2 aliphatic rings. The Bertz CT molecular complexity index is 706. The molecule has 1 N–H and O–H groups in total. The predicted molar refractivity (Wildman–Crippen MR) is 108 cm³/mol. The second kappa shape index (κ2) is 7.91. The van der Waals surface area contributed by atoms with Crippen molar-refractivity contribution in [3.63, 3.8) is 0 Å². The Labute approximate surface area is 162 Å². The van der Waals surface area contributed by atoms with Crippen LogP contribution < -0.4 is 15.0 Å². The molecular weight excluding hydrogens is 340 g/mol. The highest BCUT2D eigenvalue weighted by Crippen LogP contribution is 2.39. The summed E-state index contributed by atoms with van der Waals surface area (Å²) in [5.41, 5.74) is 0.897. The van der Waals surface area contributed by atoms with E-state index in [0.717, 1.165) is 37.1 Å². The van der Waals surface area contributed by atoms with Crippen molar-refractivity contribution in [2.24, 2.45) is 17.3 Å². The quantitative estimate of drug-likeness (QED) is 0.839. The number of amides is 2. The van der Waals surface area contributed by atoms with Crippen molar-refractivity contribution in [2.75, 3.05) is 23.4 Å². The van der Waals surface area contributed by atoms with Gasteiger partial charge in [0.25, 0.3) is 0 Å². The molecule has 5 nitrogen and oxygen atoms in total. The van der Waals surface area contributed by atoms with Crippen LogP contribution in [0, 0.1) is 17.3 Å². The van der Waals surface area contributed by atoms with E-state index < -0.39 is 5.41 Å². The molecule has 1 heterocycles. The van der Waals surface area contributed by atoms with E-state index >= 15 is 0 Å². The number of ether oxygens (including phenoxy) is 1. The van der Waals surface area contributed by atoms with Crippen LogP contribution in [0.15, 0.2) is 18.2 Å². The lowest BCUT2D eigenvalue weighted by Crippen LogP contribution is -2.43. The van der Waals surface area contributed by atoms with Crippen molar-refractivity contribution in [1.82, 2.24) is 0 Å². The SMILES string of the molecule is CC(C)CN1C(=O)C(C)(C)COc2ccc(NC(=O)C3CCCCC3)cc21. The number of carbonyl (C=O) groups is 2. The summed E-state index contributed by atoms with van der Waals surface area (Å²) in [6, 6.07) is 5.63. The van der Waals surface area contributed by atoms with E-state index in [0.29, 0.717) is 24.8 Å². The average molecular weight is 373 g/mol. The fraction of sp³-hybridized carbons (Fsp3) is 0.636. The normalized spacial score (nSPS) is 20.0. The predicted octanol–water partition coefficient (Wildman–Crippen LogP) is 4.61. The van der Waals surface area contributed by atoms with Crippen molar-refractivity contribution in [3.05, 3.63) is 18.2 Å². The van der Waals surface area contributed by atoms with E-state index in [-0.39, 0.29) is 17.7 Å². The number of rotatable bonds is 4. The van der Waals surface area contributed by atoms with Gasteiger partial charge in [-0.2, -0.15) is 0 Å². The molecule has 0 atom stereocenters. The summed E-state index contributed by atoms with van der Waals surface area (Å²) in [6.07, 6.45) is 5.41. The standard InChI is InChI=1S/C22H32N2O3/c1-15(2)13-24-18-12-17(23-20(25)16-8-6-5-7-9-16)10-11-19(18)27-14-22(3,4)21(24)26/h10-12,15-16H,5-9,13-14H2,1-4H3,(H,23,25). The average Bonchev–Trinajstić information content (AvgIpc) is 2.72. The van der Waals surface area contributed by atoms with Gasteiger partial charge in [-0.05, 0) is 50.8 Å². The Hall–Kier alpha value is -2.04. The first-order valence-electron chi connectivity index (χ1n) is 10.2. The van der Waals surface area contributed by atoms with Gasteiger partial charge < -0.3 is 15.0 Å². The Balaban J connectivity index is 1.87. The van der Waals surface area contributed by atoms with Gasteiger partial charge in [0.15, 0.2) is 0 Å². The van der Waals surface area contributed by atoms with Crippen molar-refractivity contribution < 1.29 is 14.3 Å². The molecule has 0 radical (unpaired) electrons. The molecule has 1 aliphatic carbocycles. The third-order valence-electron chi connectivity index (χ3n) is 5.45. The third kappa shape index (κ3) is 4.45. The highest BCUT2D eigenvalue weighted by molar-refractivity contribution is 6.00. The van der Waals surface area contributed by atoms with Crippen LogP contribution in [-0.2, 0) is 9.59 Å². The largest absolute Gasteiger partial charge is 0.490 e. The smallest absolute Gasteiger partial charge is 0.236 e. The number of fused-ring (bicyclic) bond motifs is 1. The van der Waals surface area contributed by atoms with Crippen molar-refractivity contribution >= 4 is 23.2 Å². The highest BCUT2D eigenvalue weighted by atomic mass is 16.5. The molecule has 0 aromatic heterocycles. The van der Waals surface area contributed by atoms with Gasteiger partial charge in [0.2, 0.25) is 11.8 Å². The summed E-state index contributed by atoms with van der Waals surface area (Å²) in [5.74, 6) is 1.28. The summed E-state index contributed by atoms with van der Waals surface area (Å²) < 4.78 is 5.95. The molecule has 0 spiro atoms. The fourth-order valence-corrected chi connectivity index (χ4v) is 3.88. The van der Waals surface area contributed by atoms with Gasteiger partial charge in [0.1, 0.15) is 12.4 Å². The van der Waals surface area contributed by atoms with Gasteiger partial charge in [-0.1, -0.05) is 33.1 Å². The maximum atomic E-state index is 13.1. The topological polar surface area (TPSA) is 58.6 Å². The van der Waals surface area contributed by atoms with E-state index in [1.165, 1.54) is 6.42 Å². The Kier molecular flexibility index (Phi) is 5.78. The van der Waals surface area contributed by atoms with Gasteiger partial charge in [-0.3, -0.25) is 9.59 Å². The number of hydrogen-bond acceptors (Lipinski definition) is 3. The Morgan fingerprint density at radius 2 is 1.96 bits per heavy atom. The van der Waals surface area contributed by atoms with Crippen molar-refractivity contribution in [3.8, 4) is 5.75 Å². The zero-order valence-corrected chi connectivity index (χ0v) is 17.0. The van der Waals surface area contributed by atoms with Crippen LogP contribution in [0.25, 0.3) is 0 Å². The summed E-state index contributed by atoms with van der Waals surface area (Å²) in [4.78, 5) is 27.5. The van der Waals surface area contributed by atoms with Crippen LogP contribution in [0.2, 0.25) is 0 Å². The maximum Gasteiger partial charge on any atom is 0.236 e. The molecule has 1 fully saturated rings. The monoisotopic (exact) mass is 372 g/mol. The third-order valence-corrected chi connectivity index (χ3v) is 5.45. The minimum absolute atomic E-state index is 0.0608. The second-order valence-corrected chi connectivity index (χ2v) is 8.99. The molecule has 0 saturated heterocycles. The molecule has 1 saturated carbocycles. The molecule has 1 aromatic rings. The van der Waals surface area contributed by atoms with Gasteiger partial charge in [0.05, 0.1) is 11.1 Å². The summed E-state index contributed by atoms with van der Waals surface area (Å²) >= 11 is 0. The maximum absolute atomic E-state index is 13.1. The van der Waals surface area contributed by atoms with Gasteiger partial charge in [-0.15, -0.1) is 0 Å². The molecular formula is C22H32N2O3. The first-order valence-corrected chi connectivity index (χ1v) is 10.2. The van der Waals surface area contributed by atoms with Crippen molar-refractivity contribution in [1.29, 1.82) is 0 Å². The molecule has 1 aliphatic heterocycles. The number of hydrogen-bond donors (Lipinski definition) is 1. The Morgan fingerprint density at radius 1 is 1.26 bits per heavy atom. The van der Waals surface area contributed by atoms with E-state index in [9.17, 15) is 9.59 Å². The molecule has 2 amide bonds. The first kappa shape index (κ1) is 19.7. The number of nitrogens with one attached hydrogen (secondary N) is 1. The number of nitrogens with zero attached hydrogens (tertiary/aromatic N) is 1. The second-order valence-electron chi connectivity index (χ2n) is 8.99. The Morgan fingerprint density at radius 3 is 2.63 bits per heavy atom. The zero-order valence-electron chi connectivity index (χ0n) is 17.0. The van der Waals surface area contributed by atoms with E-state index in [4.69, 9.17) is 4.74 Å². The summed E-state index contributed by atoms with van der Waals surface area (Å²) in [7, 11) is 0. The van der Waals surface area contributed by atoms with Gasteiger partial charge in [-0.25, -0.2) is 0 Å². The van der Waals surface area contributed by atoms with Crippen LogP contribution in [0.1, 0.15) is 59.8 Å². The molecule has 0 bridgehead atoms. The van der Waals surface area contributed by atoms with Gasteiger partial charge in [0, 0.05) is 18.2 Å². The van der Waals surface area contributed by atoms with Crippen LogP contribution in [-0.4, -0.2) is 25.0 Å². The van der Waals surface area contributed by atoms with Crippen LogP contribution in [0.5, 0.6) is 5.75 Å². The van der Waals surface area contributed by atoms with Crippen LogP contribution in [0.4, 0.5) is 11.4 Å². The first-order chi connectivity index (χ1) is 12.8.